The van der Waals surface area contributed by atoms with E-state index in [9.17, 15) is 0 Å². The Hall–Kier alpha value is -12.8. The molecule has 9 aromatic rings. The minimum atomic E-state index is -0.293. The molecule has 4 unspecified atom stereocenters. The number of allylic oxidation sites excluding steroid dienone is 5. The quantitative estimate of drug-likeness (QED) is 0.191. The predicted octanol–water partition coefficient (Wildman–Crippen LogP) is -0.775. The normalized spacial score (nSPS) is 25.5. The van der Waals surface area contributed by atoms with Crippen LogP contribution in [0.2, 0.25) is 0 Å². The third kappa shape index (κ3) is 6.39. The van der Waals surface area contributed by atoms with Crippen LogP contribution in [-0.4, -0.2) is 137 Å². The number of aromatic amines is 2. The van der Waals surface area contributed by atoms with Gasteiger partial charge in [0, 0.05) is 95.6 Å². The number of aromatic nitrogens is 9. The lowest BCUT2D eigenvalue weighted by molar-refractivity contribution is -0.771. The van der Waals surface area contributed by atoms with Gasteiger partial charge in [0.1, 0.15) is 21.7 Å². The molecule has 0 aliphatic carbocycles. The molecular weight excluding hydrogens is 1170 g/mol. The van der Waals surface area contributed by atoms with E-state index >= 15 is 0 Å². The van der Waals surface area contributed by atoms with Crippen molar-refractivity contribution in [2.24, 2.45) is 9.98 Å². The first-order valence-corrected chi connectivity index (χ1v) is 31.7. The van der Waals surface area contributed by atoms with Crippen molar-refractivity contribution >= 4 is 96.8 Å². The minimum Gasteiger partial charge on any atom is -0.657 e. The maximum atomic E-state index is 4.69. The van der Waals surface area contributed by atoms with Crippen LogP contribution in [0.15, 0.2) is 217 Å². The van der Waals surface area contributed by atoms with Gasteiger partial charge in [0.15, 0.2) is 24.8 Å². The van der Waals surface area contributed by atoms with E-state index in [1.807, 2.05) is 79.4 Å². The molecule has 0 saturated heterocycles. The summed E-state index contributed by atoms with van der Waals surface area (Å²) >= 11 is 0. The molecule has 17 aliphatic rings. The molecule has 17 aliphatic heterocycles. The summed E-state index contributed by atoms with van der Waals surface area (Å²) in [5.41, 5.74) is 15.4. The van der Waals surface area contributed by atoms with E-state index in [-0.39, 0.29) is 23.9 Å². The molecule has 9 aromatic heterocycles. The van der Waals surface area contributed by atoms with Gasteiger partial charge in [-0.1, -0.05) is 30.3 Å². The van der Waals surface area contributed by atoms with E-state index in [4.69, 9.17) is 0 Å². The van der Waals surface area contributed by atoms with Gasteiger partial charge < -0.3 is 39.5 Å². The lowest BCUT2D eigenvalue weighted by atomic mass is 10.1. The Bertz CT molecular complexity index is 6150. The second kappa shape index (κ2) is 17.1. The molecule has 94 heavy (non-hydrogen) atoms. The topological polar surface area (TPSA) is 137 Å². The van der Waals surface area contributed by atoms with Crippen molar-refractivity contribution in [1.82, 2.24) is 67.3 Å². The highest BCUT2D eigenvalue weighted by Crippen LogP contribution is 2.49. The fourth-order valence-electron chi connectivity index (χ4n) is 16.9. The van der Waals surface area contributed by atoms with E-state index in [0.717, 1.165) is 80.3 Å². The number of nitrogens with one attached hydrogen (secondary N) is 2. The molecule has 2 spiro atoms. The van der Waals surface area contributed by atoms with Crippen LogP contribution in [0.4, 0.5) is 0 Å². The summed E-state index contributed by atoms with van der Waals surface area (Å²) in [5, 5.41) is 11.6. The van der Waals surface area contributed by atoms with Gasteiger partial charge in [-0.05, 0) is 128 Å². The molecule has 0 fully saturated rings. The second-order valence-electron chi connectivity index (χ2n) is 25.8. The first-order valence-electron chi connectivity index (χ1n) is 31.7. The number of fused-ring (bicyclic) bond motifs is 17. The van der Waals surface area contributed by atoms with Crippen molar-refractivity contribution in [2.75, 3.05) is 13.3 Å². The molecular formula is C74H52N20+2. The first-order chi connectivity index (χ1) is 46.4. The monoisotopic (exact) mass is 1220 g/mol. The van der Waals surface area contributed by atoms with E-state index in [1.165, 1.54) is 66.3 Å². The van der Waals surface area contributed by atoms with Crippen molar-refractivity contribution < 1.29 is 18.3 Å². The van der Waals surface area contributed by atoms with Crippen LogP contribution in [-0.2, 0) is 11.6 Å². The Morgan fingerprint density at radius 1 is 0.489 bits per heavy atom. The third-order valence-corrected chi connectivity index (χ3v) is 20.4. The van der Waals surface area contributed by atoms with Crippen LogP contribution in [0.1, 0.15) is 34.2 Å². The van der Waals surface area contributed by atoms with Crippen LogP contribution in [0, 0.1) is 0 Å². The Kier molecular flexibility index (Phi) is 8.94. The summed E-state index contributed by atoms with van der Waals surface area (Å²) in [6.45, 7) is 1.54. The molecule has 16 bridgehead atoms. The summed E-state index contributed by atoms with van der Waals surface area (Å²) < 4.78 is 22.2. The van der Waals surface area contributed by atoms with Gasteiger partial charge in [-0.15, -0.1) is 35.8 Å². The Morgan fingerprint density at radius 2 is 1.20 bits per heavy atom. The van der Waals surface area contributed by atoms with Crippen molar-refractivity contribution in [2.45, 2.75) is 23.9 Å². The fraction of sp³-hybridized carbons (Fsp3) is 0.0811. The highest BCUT2D eigenvalue weighted by molar-refractivity contribution is 6.17. The number of H-pyrrole nitrogens is 2. The highest BCUT2D eigenvalue weighted by Gasteiger charge is 2.75. The molecule has 26 heterocycles. The number of hydrogen-bond donors (Lipinski definition) is 2. The standard InChI is InChI=1S/2C19H12N5.C18H15N5.C18H13N5/c2*1-2-14-10-20-7-8-21-11-15-4-6-17-16-5-3-13-9-12(1)22(14)19(18(20)21,23(13)16)24(15)17;2*1-2-15-10-22-7-8-23(12-22)11-16-4-6-18(21-16)17-5-3-14(20-17)9-13(1)19-15/h2*1-11,18H;1-11,19-20H,12H2;1-11H,12H2/q+1;+3;;-2/b;;2*13-9-,15-10?,16-11-. The van der Waals surface area contributed by atoms with Crippen LogP contribution < -0.4 is 63.5 Å². The van der Waals surface area contributed by atoms with Gasteiger partial charge in [0.25, 0.3) is 5.79 Å². The van der Waals surface area contributed by atoms with Crippen molar-refractivity contribution in [3.63, 3.8) is 0 Å². The average Bonchev–Trinajstić information content (AvgIpc) is 1.48. The van der Waals surface area contributed by atoms with Crippen molar-refractivity contribution in [3.05, 3.63) is 294 Å². The highest BCUT2D eigenvalue weighted by atomic mass is 15.6. The lowest BCUT2D eigenvalue weighted by Gasteiger charge is -2.46. The van der Waals surface area contributed by atoms with Gasteiger partial charge in [0.05, 0.1) is 69.8 Å². The SMILES string of the molecule is C1=C/C2=C/N3C=CN(C=c4cc/c([n-]4)=C/c4ccc([n-]4)C1=N2)C3.C1=C/C2=C/N3C=CN(C=c4cc/c([nH]4)=C/c4ccc([nH]4)C1=N2)C3.C1=CC2=[N+]3C1=c1ccc4n1C31C3[N+](=CC=[N+]3C=4)C=c3ccc(n31)=C2.C1=C[N+]2=Cc3ccc4n3C35C2N1C=c1ccc(n13)=Cc1ccc-4n15. The van der Waals surface area contributed by atoms with Crippen LogP contribution in [0.5, 0.6) is 0 Å². The van der Waals surface area contributed by atoms with E-state index in [2.05, 4.69) is 285 Å². The molecule has 20 nitrogen and oxygen atoms in total. The molecule has 0 saturated carbocycles. The van der Waals surface area contributed by atoms with Crippen molar-refractivity contribution in [1.29, 1.82) is 0 Å². The smallest absolute Gasteiger partial charge is 0.468 e. The van der Waals surface area contributed by atoms with Gasteiger partial charge in [-0.2, -0.15) is 4.58 Å². The van der Waals surface area contributed by atoms with Crippen LogP contribution >= 0.6 is 0 Å². The molecule has 0 amide bonds. The summed E-state index contributed by atoms with van der Waals surface area (Å²) in [4.78, 5) is 36.2. The maximum absolute atomic E-state index is 4.69. The predicted molar refractivity (Wildman–Crippen MR) is 355 cm³/mol. The van der Waals surface area contributed by atoms with Gasteiger partial charge in [-0.25, -0.2) is 19.1 Å². The number of rotatable bonds is 0. The summed E-state index contributed by atoms with van der Waals surface area (Å²) in [5.74, 6) is -0.587. The Morgan fingerprint density at radius 3 is 2.05 bits per heavy atom. The summed E-state index contributed by atoms with van der Waals surface area (Å²) in [6, 6.07) is 38.8. The van der Waals surface area contributed by atoms with Crippen LogP contribution in [0.3, 0.4) is 0 Å². The Balaban J connectivity index is 0.0000000796. The van der Waals surface area contributed by atoms with Crippen molar-refractivity contribution in [3.8, 4) is 11.4 Å². The lowest BCUT2D eigenvalue weighted by Crippen LogP contribution is -2.73. The van der Waals surface area contributed by atoms with E-state index in [0.29, 0.717) is 0 Å². The van der Waals surface area contributed by atoms with E-state index in [1.54, 1.807) is 0 Å². The summed E-state index contributed by atoms with van der Waals surface area (Å²) in [6.07, 6.45) is 56.0. The fourth-order valence-corrected chi connectivity index (χ4v) is 16.9. The van der Waals surface area contributed by atoms with Gasteiger partial charge in [0.2, 0.25) is 23.8 Å². The zero-order valence-electron chi connectivity index (χ0n) is 50.0. The zero-order chi connectivity index (χ0) is 60.9. The van der Waals surface area contributed by atoms with Crippen LogP contribution in [0.25, 0.3) is 72.4 Å². The molecule has 0 aromatic carbocycles. The first kappa shape index (κ1) is 49.0. The Labute approximate surface area is 532 Å². The molecule has 4 atom stereocenters. The second-order valence-corrected chi connectivity index (χ2v) is 25.8. The third-order valence-electron chi connectivity index (χ3n) is 20.4. The molecule has 2 N–H and O–H groups in total. The molecule has 20 heteroatoms. The number of hydrogen-bond acceptors (Lipinski definition) is 7. The molecule has 26 rings (SSSR count). The maximum Gasteiger partial charge on any atom is 0.468 e. The minimum absolute atomic E-state index is 0.191. The van der Waals surface area contributed by atoms with Gasteiger partial charge in [-0.3, -0.25) is 18.6 Å². The van der Waals surface area contributed by atoms with E-state index < -0.39 is 0 Å². The summed E-state index contributed by atoms with van der Waals surface area (Å²) in [7, 11) is 0. The average molecular weight is 1220 g/mol. The molecule has 0 radical (unpaired) electrons. The zero-order valence-corrected chi connectivity index (χ0v) is 50.0. The molecule has 446 valence electrons. The largest absolute Gasteiger partial charge is 0.657 e. The number of nitrogens with zero attached hydrogens (tertiary/aromatic N) is 18. The number of aliphatic imine (C=N–C) groups is 2. The van der Waals surface area contributed by atoms with Gasteiger partial charge >= 0.3 is 18.1 Å².